The molecule has 3 heteroatoms. The third kappa shape index (κ3) is 4.63. The van der Waals surface area contributed by atoms with E-state index in [0.29, 0.717) is 11.7 Å². The zero-order valence-corrected chi connectivity index (χ0v) is 16.4. The Labute approximate surface area is 162 Å². The molecule has 0 amide bonds. The summed E-state index contributed by atoms with van der Waals surface area (Å²) < 4.78 is 10.6. The van der Waals surface area contributed by atoms with Crippen molar-refractivity contribution in [3.63, 3.8) is 0 Å². The van der Waals surface area contributed by atoms with Gasteiger partial charge in [-0.25, -0.2) is 4.79 Å². The molecular formula is C24H30O3. The molecule has 0 spiro atoms. The third-order valence-electron chi connectivity index (χ3n) is 6.47. The molecule has 0 heterocycles. The van der Waals surface area contributed by atoms with Crippen LogP contribution in [0.25, 0.3) is 5.57 Å². The molecule has 2 fully saturated rings. The lowest BCUT2D eigenvalue weighted by Crippen LogP contribution is -2.20. The summed E-state index contributed by atoms with van der Waals surface area (Å²) in [6.45, 7) is 4.31. The summed E-state index contributed by atoms with van der Waals surface area (Å²) in [7, 11) is 0. The van der Waals surface area contributed by atoms with Crippen molar-refractivity contribution in [3.05, 3.63) is 48.1 Å². The lowest BCUT2D eigenvalue weighted by molar-refractivity contribution is 0.0543. The normalized spacial score (nSPS) is 29.0. The van der Waals surface area contributed by atoms with Crippen molar-refractivity contribution in [2.45, 2.75) is 64.4 Å². The average Bonchev–Trinajstić information content (AvgIpc) is 3.39. The number of rotatable bonds is 4. The lowest BCUT2D eigenvalue weighted by atomic mass is 9.74. The molecule has 4 rings (SSSR count). The maximum atomic E-state index is 11.8. The molecule has 1 atom stereocenters. The van der Waals surface area contributed by atoms with Gasteiger partial charge in [-0.15, -0.1) is 0 Å². The zero-order valence-electron chi connectivity index (χ0n) is 16.4. The Morgan fingerprint density at radius 1 is 1.07 bits per heavy atom. The minimum absolute atomic E-state index is 0.304. The van der Waals surface area contributed by atoms with Crippen LogP contribution in [0.3, 0.4) is 0 Å². The van der Waals surface area contributed by atoms with Gasteiger partial charge in [-0.2, -0.15) is 0 Å². The van der Waals surface area contributed by atoms with Crippen LogP contribution in [-0.2, 0) is 4.74 Å². The van der Waals surface area contributed by atoms with Crippen LogP contribution >= 0.6 is 0 Å². The number of hydrogen-bond donors (Lipinski definition) is 0. The second kappa shape index (κ2) is 7.53. The number of allylic oxidation sites excluding steroid dienone is 4. The van der Waals surface area contributed by atoms with E-state index in [4.69, 9.17) is 9.47 Å². The Kier molecular flexibility index (Phi) is 5.12. The van der Waals surface area contributed by atoms with Gasteiger partial charge in [0, 0.05) is 0 Å². The fourth-order valence-corrected chi connectivity index (χ4v) is 4.23. The van der Waals surface area contributed by atoms with E-state index in [-0.39, 0.29) is 5.60 Å². The van der Waals surface area contributed by atoms with Gasteiger partial charge in [0.1, 0.15) is 11.4 Å². The van der Waals surface area contributed by atoms with Crippen molar-refractivity contribution in [1.82, 2.24) is 0 Å². The molecule has 144 valence electrons. The van der Waals surface area contributed by atoms with Crippen LogP contribution in [0.4, 0.5) is 4.79 Å². The molecular weight excluding hydrogens is 336 g/mol. The van der Waals surface area contributed by atoms with Crippen molar-refractivity contribution in [2.24, 2.45) is 17.8 Å². The first-order valence-electron chi connectivity index (χ1n) is 10.4. The predicted molar refractivity (Wildman–Crippen MR) is 108 cm³/mol. The van der Waals surface area contributed by atoms with Crippen molar-refractivity contribution >= 4 is 11.7 Å². The van der Waals surface area contributed by atoms with Crippen LogP contribution in [-0.4, -0.2) is 11.8 Å². The molecule has 3 aliphatic rings. The number of benzene rings is 1. The predicted octanol–water partition coefficient (Wildman–Crippen LogP) is 6.54. The van der Waals surface area contributed by atoms with Gasteiger partial charge < -0.3 is 9.47 Å². The molecule has 27 heavy (non-hydrogen) atoms. The van der Waals surface area contributed by atoms with E-state index < -0.39 is 6.16 Å². The van der Waals surface area contributed by atoms with E-state index in [1.165, 1.54) is 31.3 Å². The molecule has 1 aromatic rings. The van der Waals surface area contributed by atoms with Gasteiger partial charge in [-0.05, 0) is 80.1 Å². The maximum absolute atomic E-state index is 11.8. The highest BCUT2D eigenvalue weighted by Crippen LogP contribution is 2.39. The van der Waals surface area contributed by atoms with Gasteiger partial charge in [0.15, 0.2) is 0 Å². The highest BCUT2D eigenvalue weighted by atomic mass is 16.7. The monoisotopic (exact) mass is 366 g/mol. The maximum Gasteiger partial charge on any atom is 0.514 e. The fourth-order valence-electron chi connectivity index (χ4n) is 4.23. The summed E-state index contributed by atoms with van der Waals surface area (Å²) in [6, 6.07) is 7.71. The Hall–Kier alpha value is -2.03. The second-order valence-corrected chi connectivity index (χ2v) is 8.87. The SMILES string of the molecule is CC1CCC(C2C=CC(c3ccc(OC(=O)OC4(C)CC4)cc3)=CC2)CC1. The summed E-state index contributed by atoms with van der Waals surface area (Å²) in [5.41, 5.74) is 2.12. The van der Waals surface area contributed by atoms with E-state index in [9.17, 15) is 4.79 Å². The van der Waals surface area contributed by atoms with E-state index >= 15 is 0 Å². The third-order valence-corrected chi connectivity index (χ3v) is 6.47. The molecule has 0 N–H and O–H groups in total. The van der Waals surface area contributed by atoms with E-state index in [1.54, 1.807) is 0 Å². The van der Waals surface area contributed by atoms with E-state index in [0.717, 1.165) is 36.7 Å². The highest BCUT2D eigenvalue weighted by molar-refractivity contribution is 5.75. The largest absolute Gasteiger partial charge is 0.514 e. The molecule has 0 saturated heterocycles. The standard InChI is InChI=1S/C24H30O3/c1-17-3-5-18(6-4-17)19-7-9-20(10-8-19)21-11-13-22(14-12-21)26-23(25)27-24(2)15-16-24/h7,9-14,17-19H,3-6,8,15-16H2,1-2H3. The summed E-state index contributed by atoms with van der Waals surface area (Å²) in [4.78, 5) is 11.8. The van der Waals surface area contributed by atoms with Gasteiger partial charge in [0.25, 0.3) is 0 Å². The zero-order chi connectivity index (χ0) is 18.9. The summed E-state index contributed by atoms with van der Waals surface area (Å²) in [5.74, 6) is 2.99. The first-order valence-corrected chi connectivity index (χ1v) is 10.4. The first kappa shape index (κ1) is 18.3. The summed E-state index contributed by atoms with van der Waals surface area (Å²) >= 11 is 0. The van der Waals surface area contributed by atoms with Crippen LogP contribution < -0.4 is 4.74 Å². The Morgan fingerprint density at radius 2 is 1.78 bits per heavy atom. The van der Waals surface area contributed by atoms with Crippen LogP contribution in [0.15, 0.2) is 42.5 Å². The van der Waals surface area contributed by atoms with Crippen molar-refractivity contribution in [1.29, 1.82) is 0 Å². The smallest absolute Gasteiger partial charge is 0.428 e. The van der Waals surface area contributed by atoms with E-state index in [1.807, 2.05) is 31.2 Å². The van der Waals surface area contributed by atoms with Gasteiger partial charge >= 0.3 is 6.16 Å². The number of carbonyl (C=O) groups excluding carboxylic acids is 1. The second-order valence-electron chi connectivity index (χ2n) is 8.87. The minimum Gasteiger partial charge on any atom is -0.428 e. The van der Waals surface area contributed by atoms with Crippen LogP contribution in [0.2, 0.25) is 0 Å². The van der Waals surface area contributed by atoms with Crippen molar-refractivity contribution < 1.29 is 14.3 Å². The van der Waals surface area contributed by atoms with Crippen molar-refractivity contribution in [2.75, 3.05) is 0 Å². The van der Waals surface area contributed by atoms with Crippen LogP contribution in [0.1, 0.15) is 64.4 Å². The molecule has 0 aliphatic heterocycles. The van der Waals surface area contributed by atoms with Crippen molar-refractivity contribution in [3.8, 4) is 5.75 Å². The Bertz CT molecular complexity index is 731. The highest BCUT2D eigenvalue weighted by Gasteiger charge is 2.42. The van der Waals surface area contributed by atoms with Gasteiger partial charge in [-0.1, -0.05) is 50.1 Å². The molecule has 1 unspecified atom stereocenters. The summed E-state index contributed by atoms with van der Waals surface area (Å²) in [5, 5.41) is 0. The van der Waals surface area contributed by atoms with Crippen LogP contribution in [0.5, 0.6) is 5.75 Å². The molecule has 1 aromatic carbocycles. The molecule has 0 bridgehead atoms. The molecule has 0 radical (unpaired) electrons. The topological polar surface area (TPSA) is 35.5 Å². The quantitative estimate of drug-likeness (QED) is 0.448. The first-order chi connectivity index (χ1) is 13.0. The number of ether oxygens (including phenoxy) is 2. The molecule has 2 saturated carbocycles. The van der Waals surface area contributed by atoms with Crippen LogP contribution in [0, 0.1) is 17.8 Å². The Balaban J connectivity index is 1.31. The minimum atomic E-state index is -0.607. The molecule has 3 aliphatic carbocycles. The number of hydrogen-bond acceptors (Lipinski definition) is 3. The fraction of sp³-hybridized carbons (Fsp3) is 0.542. The van der Waals surface area contributed by atoms with Gasteiger partial charge in [0.2, 0.25) is 0 Å². The summed E-state index contributed by atoms with van der Waals surface area (Å²) in [6.07, 6.45) is 14.9. The van der Waals surface area contributed by atoms with Gasteiger partial charge in [0.05, 0.1) is 0 Å². The van der Waals surface area contributed by atoms with E-state index in [2.05, 4.69) is 25.2 Å². The average molecular weight is 367 g/mol. The Morgan fingerprint density at radius 3 is 2.37 bits per heavy atom. The molecule has 0 aromatic heterocycles. The lowest BCUT2D eigenvalue weighted by Gasteiger charge is -2.32. The van der Waals surface area contributed by atoms with Gasteiger partial charge in [-0.3, -0.25) is 0 Å². The number of carbonyl (C=O) groups is 1. The molecule has 3 nitrogen and oxygen atoms in total.